The average Bonchev–Trinajstić information content (AvgIpc) is 2.43. The van der Waals surface area contributed by atoms with Crippen molar-refractivity contribution >= 4 is 11.9 Å². The van der Waals surface area contributed by atoms with E-state index in [-0.39, 0.29) is 17.7 Å². The van der Waals surface area contributed by atoms with Gasteiger partial charge in [-0.1, -0.05) is 6.07 Å². The number of carbonyl (C=O) groups is 2. The van der Waals surface area contributed by atoms with E-state index in [0.29, 0.717) is 5.56 Å². The number of halogens is 1. The van der Waals surface area contributed by atoms with E-state index in [0.717, 1.165) is 0 Å². The maximum absolute atomic E-state index is 13.0. The predicted molar refractivity (Wildman–Crippen MR) is 49.6 cm³/mol. The third-order valence-corrected chi connectivity index (χ3v) is 2.25. The molecule has 1 aliphatic rings. The van der Waals surface area contributed by atoms with E-state index >= 15 is 0 Å². The van der Waals surface area contributed by atoms with Gasteiger partial charge in [0, 0.05) is 12.0 Å². The van der Waals surface area contributed by atoms with Crippen molar-refractivity contribution in [2.45, 2.75) is 12.6 Å². The Balaban J connectivity index is 2.35. The van der Waals surface area contributed by atoms with E-state index < -0.39 is 18.0 Å². The summed E-state index contributed by atoms with van der Waals surface area (Å²) < 4.78 is 17.6. The van der Waals surface area contributed by atoms with Crippen LogP contribution in [0.5, 0.6) is 5.75 Å². The third-order valence-electron chi connectivity index (χ3n) is 2.25. The molecule has 0 spiro atoms. The second-order valence-corrected chi connectivity index (χ2v) is 3.28. The van der Waals surface area contributed by atoms with Crippen molar-refractivity contribution in [3.05, 3.63) is 29.3 Å². The first-order valence-corrected chi connectivity index (χ1v) is 4.36. The van der Waals surface area contributed by atoms with Gasteiger partial charge in [-0.15, -0.1) is 0 Å². The summed E-state index contributed by atoms with van der Waals surface area (Å²) in [5.74, 6) is -0.413. The van der Waals surface area contributed by atoms with E-state index in [9.17, 15) is 14.0 Å². The average molecular weight is 209 g/mol. The highest BCUT2D eigenvalue weighted by Crippen LogP contribution is 2.27. The molecule has 15 heavy (non-hydrogen) atoms. The van der Waals surface area contributed by atoms with Crippen molar-refractivity contribution in [2.24, 2.45) is 5.73 Å². The lowest BCUT2D eigenvalue weighted by atomic mass is 10.1. The molecule has 0 fully saturated rings. The lowest BCUT2D eigenvalue weighted by molar-refractivity contribution is 0.0898. The Hall–Kier alpha value is -1.91. The zero-order chi connectivity index (χ0) is 11.0. The second-order valence-electron chi connectivity index (χ2n) is 3.28. The molecule has 0 aliphatic heterocycles. The molecule has 1 amide bonds. The number of rotatable bonds is 1. The zero-order valence-electron chi connectivity index (χ0n) is 7.70. The van der Waals surface area contributed by atoms with Gasteiger partial charge in [0.15, 0.2) is 12.0 Å². The zero-order valence-corrected chi connectivity index (χ0v) is 7.70. The second kappa shape index (κ2) is 3.34. The van der Waals surface area contributed by atoms with Crippen molar-refractivity contribution < 1.29 is 18.7 Å². The van der Waals surface area contributed by atoms with E-state index in [4.69, 9.17) is 5.73 Å². The molecule has 0 heterocycles. The number of Topliss-reactive ketones (excluding diaryl/α,β-unsaturated/α-hetero) is 1. The third kappa shape index (κ3) is 1.68. The molecule has 2 N–H and O–H groups in total. The van der Waals surface area contributed by atoms with Gasteiger partial charge in [-0.05, 0) is 17.7 Å². The number of benzene rings is 1. The fraction of sp³-hybridized carbons (Fsp3) is 0.200. The van der Waals surface area contributed by atoms with Crippen LogP contribution in [0, 0.1) is 0 Å². The van der Waals surface area contributed by atoms with Gasteiger partial charge < -0.3 is 10.5 Å². The maximum Gasteiger partial charge on any atom is 0.409 e. The first-order chi connectivity index (χ1) is 7.08. The number of hydrogen-bond acceptors (Lipinski definition) is 3. The molecule has 2 rings (SSSR count). The van der Waals surface area contributed by atoms with Crippen LogP contribution < -0.4 is 10.5 Å². The number of alkyl halides is 1. The summed E-state index contributed by atoms with van der Waals surface area (Å²) in [6, 6.07) is 4.38. The first kappa shape index (κ1) is 9.64. The number of ether oxygens (including phenoxy) is 1. The van der Waals surface area contributed by atoms with Crippen molar-refractivity contribution in [3.63, 3.8) is 0 Å². The van der Waals surface area contributed by atoms with E-state index in [1.165, 1.54) is 12.1 Å². The highest BCUT2D eigenvalue weighted by Gasteiger charge is 2.30. The summed E-state index contributed by atoms with van der Waals surface area (Å²) in [7, 11) is 0. The quantitative estimate of drug-likeness (QED) is 0.756. The molecule has 1 aliphatic carbocycles. The topological polar surface area (TPSA) is 69.4 Å². The summed E-state index contributed by atoms with van der Waals surface area (Å²) in [4.78, 5) is 21.7. The minimum absolute atomic E-state index is 0.0883. The molecule has 0 aromatic heterocycles. The molecule has 78 valence electrons. The summed E-state index contributed by atoms with van der Waals surface area (Å²) in [6.07, 6.45) is -2.36. The summed E-state index contributed by atoms with van der Waals surface area (Å²) in [5, 5.41) is 0. The van der Waals surface area contributed by atoms with Crippen molar-refractivity contribution in [3.8, 4) is 5.75 Å². The van der Waals surface area contributed by atoms with Crippen LogP contribution in [-0.4, -0.2) is 18.0 Å². The lowest BCUT2D eigenvalue weighted by Gasteiger charge is -2.02. The van der Waals surface area contributed by atoms with Crippen LogP contribution in [-0.2, 0) is 6.42 Å². The minimum atomic E-state index is -1.48. The number of ketones is 1. The van der Waals surface area contributed by atoms with Gasteiger partial charge in [-0.3, -0.25) is 4.79 Å². The smallest absolute Gasteiger partial charge is 0.409 e. The Morgan fingerprint density at radius 1 is 1.53 bits per heavy atom. The minimum Gasteiger partial charge on any atom is -0.410 e. The van der Waals surface area contributed by atoms with Crippen molar-refractivity contribution in [1.82, 2.24) is 0 Å². The van der Waals surface area contributed by atoms with Gasteiger partial charge in [0.25, 0.3) is 0 Å². The van der Waals surface area contributed by atoms with Crippen LogP contribution in [0.2, 0.25) is 0 Å². The largest absolute Gasteiger partial charge is 0.410 e. The predicted octanol–water partition coefficient (Wildman–Crippen LogP) is 1.22. The number of fused-ring (bicyclic) bond motifs is 1. The first-order valence-electron chi connectivity index (χ1n) is 4.36. The number of carbonyl (C=O) groups excluding carboxylic acids is 2. The van der Waals surface area contributed by atoms with E-state index in [2.05, 4.69) is 4.74 Å². The van der Waals surface area contributed by atoms with Crippen molar-refractivity contribution in [1.29, 1.82) is 0 Å². The van der Waals surface area contributed by atoms with Gasteiger partial charge >= 0.3 is 6.09 Å². The molecule has 1 aromatic rings. The van der Waals surface area contributed by atoms with Crippen LogP contribution >= 0.6 is 0 Å². The molecule has 5 heteroatoms. The monoisotopic (exact) mass is 209 g/mol. The Kier molecular flexibility index (Phi) is 2.15. The summed E-state index contributed by atoms with van der Waals surface area (Å²) in [6.45, 7) is 0. The number of amides is 1. The van der Waals surface area contributed by atoms with Crippen LogP contribution in [0.3, 0.4) is 0 Å². The fourth-order valence-electron chi connectivity index (χ4n) is 1.60. The standard InChI is InChI=1S/C10H8FNO3/c11-8-3-5-1-2-6(15-10(12)14)4-7(5)9(8)13/h1-2,4,8H,3H2,(H2,12,14). The molecule has 0 saturated carbocycles. The molecular formula is C10H8FNO3. The lowest BCUT2D eigenvalue weighted by Crippen LogP contribution is -2.16. The summed E-state index contributed by atoms with van der Waals surface area (Å²) in [5.41, 5.74) is 5.71. The number of nitrogens with two attached hydrogens (primary N) is 1. The maximum atomic E-state index is 13.0. The van der Waals surface area contributed by atoms with Gasteiger partial charge in [-0.2, -0.15) is 0 Å². The molecule has 1 atom stereocenters. The molecule has 4 nitrogen and oxygen atoms in total. The Labute approximate surface area is 84.8 Å². The van der Waals surface area contributed by atoms with Crippen LogP contribution in [0.25, 0.3) is 0 Å². The normalized spacial score (nSPS) is 18.7. The SMILES string of the molecule is NC(=O)Oc1ccc2c(c1)C(=O)C(F)C2. The number of primary amides is 1. The van der Waals surface area contributed by atoms with E-state index in [1.807, 2.05) is 0 Å². The van der Waals surface area contributed by atoms with Gasteiger partial charge in [0.1, 0.15) is 5.75 Å². The highest BCUT2D eigenvalue weighted by atomic mass is 19.1. The van der Waals surface area contributed by atoms with Gasteiger partial charge in [0.05, 0.1) is 0 Å². The molecular weight excluding hydrogens is 201 g/mol. The Bertz CT molecular complexity index is 444. The highest BCUT2D eigenvalue weighted by molar-refractivity contribution is 6.04. The molecule has 0 saturated heterocycles. The van der Waals surface area contributed by atoms with Crippen LogP contribution in [0.15, 0.2) is 18.2 Å². The Morgan fingerprint density at radius 2 is 2.27 bits per heavy atom. The molecule has 1 unspecified atom stereocenters. The van der Waals surface area contributed by atoms with Crippen molar-refractivity contribution in [2.75, 3.05) is 0 Å². The molecule has 1 aromatic carbocycles. The Morgan fingerprint density at radius 3 is 2.93 bits per heavy atom. The summed E-state index contributed by atoms with van der Waals surface area (Å²) >= 11 is 0. The fourth-order valence-corrected chi connectivity index (χ4v) is 1.60. The van der Waals surface area contributed by atoms with E-state index in [1.54, 1.807) is 6.07 Å². The van der Waals surface area contributed by atoms with Gasteiger partial charge in [-0.25, -0.2) is 9.18 Å². The van der Waals surface area contributed by atoms with Crippen LogP contribution in [0.1, 0.15) is 15.9 Å². The number of hydrogen-bond donors (Lipinski definition) is 1. The van der Waals surface area contributed by atoms with Gasteiger partial charge in [0.2, 0.25) is 0 Å². The molecule has 0 radical (unpaired) electrons. The molecule has 0 bridgehead atoms. The van der Waals surface area contributed by atoms with Crippen LogP contribution in [0.4, 0.5) is 9.18 Å².